The molecule has 0 aromatic carbocycles. The van der Waals surface area contributed by atoms with Gasteiger partial charge in [-0.3, -0.25) is 9.78 Å². The fraction of sp³-hybridized carbons (Fsp3) is 0.294. The smallest absolute Gasteiger partial charge is 0.229 e. The molecule has 3 aromatic rings. The van der Waals surface area contributed by atoms with Crippen molar-refractivity contribution in [3.8, 4) is 10.7 Å². The third-order valence-corrected chi connectivity index (χ3v) is 5.22. The summed E-state index contributed by atoms with van der Waals surface area (Å²) >= 11 is 1.63. The Kier molecular flexibility index (Phi) is 3.86. The predicted octanol–water partition coefficient (Wildman–Crippen LogP) is 3.25. The van der Waals surface area contributed by atoms with Gasteiger partial charge in [0, 0.05) is 23.1 Å². The number of carbonyl (C=O) groups is 1. The second kappa shape index (κ2) is 6.16. The maximum atomic E-state index is 12.4. The van der Waals surface area contributed by atoms with E-state index in [1.807, 2.05) is 18.2 Å². The number of aryl methyl sites for hydroxylation is 2. The average Bonchev–Trinajstić information content (AvgIpc) is 3.21. The highest BCUT2D eigenvalue weighted by atomic mass is 32.1. The van der Waals surface area contributed by atoms with Crippen LogP contribution in [0.5, 0.6) is 0 Å². The first kappa shape index (κ1) is 15.0. The van der Waals surface area contributed by atoms with Gasteiger partial charge >= 0.3 is 0 Å². The zero-order chi connectivity index (χ0) is 16.5. The Labute approximate surface area is 142 Å². The van der Waals surface area contributed by atoms with E-state index in [1.54, 1.807) is 30.5 Å². The fourth-order valence-corrected chi connectivity index (χ4v) is 4.02. The molecule has 4 rings (SSSR count). The normalized spacial score (nSPS) is 16.6. The van der Waals surface area contributed by atoms with Crippen molar-refractivity contribution in [1.29, 1.82) is 0 Å². The number of hydrogen-bond donors (Lipinski definition) is 1. The van der Waals surface area contributed by atoms with Crippen molar-refractivity contribution in [2.24, 2.45) is 5.92 Å². The van der Waals surface area contributed by atoms with Crippen molar-refractivity contribution >= 4 is 23.1 Å². The van der Waals surface area contributed by atoms with E-state index in [2.05, 4.69) is 15.5 Å². The van der Waals surface area contributed by atoms with Crippen LogP contribution < -0.4 is 5.32 Å². The Balaban J connectivity index is 1.49. The Bertz CT molecular complexity index is 872. The van der Waals surface area contributed by atoms with Crippen molar-refractivity contribution in [1.82, 2.24) is 15.1 Å². The number of pyridine rings is 1. The van der Waals surface area contributed by atoms with Gasteiger partial charge in [-0.05, 0) is 38.3 Å². The number of rotatable bonds is 3. The number of hydrogen-bond acceptors (Lipinski definition) is 6. The molecule has 1 N–H and O–H groups in total. The largest absolute Gasteiger partial charge is 0.360 e. The summed E-state index contributed by atoms with van der Waals surface area (Å²) in [7, 11) is 0. The molecule has 7 heteroatoms. The quantitative estimate of drug-likeness (QED) is 0.791. The highest BCUT2D eigenvalue weighted by Gasteiger charge is 2.28. The molecule has 1 unspecified atom stereocenters. The summed E-state index contributed by atoms with van der Waals surface area (Å²) in [6.07, 6.45) is 4.09. The molecule has 1 aliphatic rings. The summed E-state index contributed by atoms with van der Waals surface area (Å²) in [5, 5.41) is 7.57. The summed E-state index contributed by atoms with van der Waals surface area (Å²) in [6, 6.07) is 7.53. The van der Waals surface area contributed by atoms with E-state index in [0.29, 0.717) is 18.0 Å². The summed E-state index contributed by atoms with van der Waals surface area (Å²) in [5.41, 5.74) is 1.98. The van der Waals surface area contributed by atoms with Gasteiger partial charge in [-0.2, -0.15) is 0 Å². The molecule has 6 nitrogen and oxygen atoms in total. The van der Waals surface area contributed by atoms with Gasteiger partial charge in [-0.1, -0.05) is 11.2 Å². The third-order valence-electron chi connectivity index (χ3n) is 4.07. The number of nitrogens with one attached hydrogen (secondary N) is 1. The third kappa shape index (κ3) is 2.94. The van der Waals surface area contributed by atoms with Crippen molar-refractivity contribution in [3.05, 3.63) is 46.8 Å². The molecular weight excluding hydrogens is 324 g/mol. The summed E-state index contributed by atoms with van der Waals surface area (Å²) in [5.74, 6) is 1.08. The van der Waals surface area contributed by atoms with E-state index in [4.69, 9.17) is 9.51 Å². The van der Waals surface area contributed by atoms with Crippen LogP contribution in [-0.4, -0.2) is 21.0 Å². The van der Waals surface area contributed by atoms with Crippen molar-refractivity contribution in [2.45, 2.75) is 26.2 Å². The molecule has 0 fully saturated rings. The zero-order valence-corrected chi connectivity index (χ0v) is 14.0. The van der Waals surface area contributed by atoms with Gasteiger partial charge in [-0.25, -0.2) is 4.98 Å². The fourth-order valence-electron chi connectivity index (χ4n) is 2.85. The molecule has 122 valence electrons. The number of nitrogens with zero attached hydrogens (tertiary/aromatic N) is 3. The first-order valence-corrected chi connectivity index (χ1v) is 8.65. The highest BCUT2D eigenvalue weighted by molar-refractivity contribution is 7.15. The monoisotopic (exact) mass is 340 g/mol. The second-order valence-electron chi connectivity index (χ2n) is 5.86. The van der Waals surface area contributed by atoms with E-state index < -0.39 is 0 Å². The van der Waals surface area contributed by atoms with Crippen LogP contribution in [-0.2, 0) is 17.6 Å². The van der Waals surface area contributed by atoms with Crippen LogP contribution in [0.25, 0.3) is 10.7 Å². The molecule has 3 heterocycles. The van der Waals surface area contributed by atoms with Gasteiger partial charge in [0.2, 0.25) is 5.91 Å². The lowest BCUT2D eigenvalue weighted by atomic mass is 9.90. The minimum atomic E-state index is -0.0634. The van der Waals surface area contributed by atoms with E-state index in [0.717, 1.165) is 29.2 Å². The SMILES string of the molecule is Cc1cc(NC(=O)C2CCc3nc(-c4ccccn4)sc3C2)no1. The molecular formula is C17H16N4O2S. The average molecular weight is 340 g/mol. The van der Waals surface area contributed by atoms with Crippen LogP contribution in [0.1, 0.15) is 22.8 Å². The van der Waals surface area contributed by atoms with E-state index >= 15 is 0 Å². The molecule has 24 heavy (non-hydrogen) atoms. The summed E-state index contributed by atoms with van der Waals surface area (Å²) in [6.45, 7) is 1.80. The van der Waals surface area contributed by atoms with Gasteiger partial charge < -0.3 is 9.84 Å². The number of fused-ring (bicyclic) bond motifs is 1. The molecule has 0 saturated heterocycles. The van der Waals surface area contributed by atoms with Gasteiger partial charge in [0.15, 0.2) is 5.82 Å². The van der Waals surface area contributed by atoms with Crippen LogP contribution in [0.15, 0.2) is 35.0 Å². The van der Waals surface area contributed by atoms with Crippen molar-refractivity contribution in [3.63, 3.8) is 0 Å². The molecule has 1 atom stereocenters. The Morgan fingerprint density at radius 2 is 2.33 bits per heavy atom. The zero-order valence-electron chi connectivity index (χ0n) is 13.2. The number of aromatic nitrogens is 3. The summed E-state index contributed by atoms with van der Waals surface area (Å²) < 4.78 is 4.98. The molecule has 0 radical (unpaired) electrons. The van der Waals surface area contributed by atoms with E-state index in [1.165, 1.54) is 4.88 Å². The lowest BCUT2D eigenvalue weighted by Crippen LogP contribution is -2.27. The van der Waals surface area contributed by atoms with Gasteiger partial charge in [0.25, 0.3) is 0 Å². The molecule has 0 bridgehead atoms. The molecule has 0 saturated carbocycles. The highest BCUT2D eigenvalue weighted by Crippen LogP contribution is 2.34. The molecule has 0 spiro atoms. The van der Waals surface area contributed by atoms with Gasteiger partial charge in [0.05, 0.1) is 11.4 Å². The van der Waals surface area contributed by atoms with Gasteiger partial charge in [0.1, 0.15) is 10.8 Å². The van der Waals surface area contributed by atoms with Gasteiger partial charge in [-0.15, -0.1) is 11.3 Å². The topological polar surface area (TPSA) is 80.9 Å². The van der Waals surface area contributed by atoms with E-state index in [-0.39, 0.29) is 11.8 Å². The van der Waals surface area contributed by atoms with Crippen LogP contribution in [0.4, 0.5) is 5.82 Å². The minimum Gasteiger partial charge on any atom is -0.360 e. The molecule has 1 amide bonds. The van der Waals surface area contributed by atoms with Crippen LogP contribution in [0.2, 0.25) is 0 Å². The Hall–Kier alpha value is -2.54. The first-order chi connectivity index (χ1) is 11.7. The Morgan fingerprint density at radius 1 is 1.42 bits per heavy atom. The number of anilines is 1. The maximum absolute atomic E-state index is 12.4. The number of amides is 1. The number of carbonyl (C=O) groups excluding carboxylic acids is 1. The minimum absolute atomic E-state index is 0.0123. The lowest BCUT2D eigenvalue weighted by Gasteiger charge is -2.19. The Morgan fingerprint density at radius 3 is 3.08 bits per heavy atom. The first-order valence-electron chi connectivity index (χ1n) is 7.83. The number of thiazole rings is 1. The lowest BCUT2D eigenvalue weighted by molar-refractivity contribution is -0.120. The maximum Gasteiger partial charge on any atom is 0.229 e. The van der Waals surface area contributed by atoms with E-state index in [9.17, 15) is 4.79 Å². The predicted molar refractivity (Wildman–Crippen MR) is 90.7 cm³/mol. The summed E-state index contributed by atoms with van der Waals surface area (Å²) in [4.78, 5) is 22.7. The second-order valence-corrected chi connectivity index (χ2v) is 6.94. The van der Waals surface area contributed by atoms with Crippen molar-refractivity contribution in [2.75, 3.05) is 5.32 Å². The molecule has 0 aliphatic heterocycles. The van der Waals surface area contributed by atoms with Crippen LogP contribution in [0.3, 0.4) is 0 Å². The van der Waals surface area contributed by atoms with Crippen molar-refractivity contribution < 1.29 is 9.32 Å². The van der Waals surface area contributed by atoms with Crippen LogP contribution >= 0.6 is 11.3 Å². The molecule has 1 aliphatic carbocycles. The molecule has 3 aromatic heterocycles. The standard InChI is InChI=1S/C17H16N4O2S/c1-10-8-15(21-23-10)20-16(22)11-5-6-12-14(9-11)24-17(19-12)13-4-2-3-7-18-13/h2-4,7-8,11H,5-6,9H2,1H3,(H,20,21,22). The van der Waals surface area contributed by atoms with Crippen LogP contribution in [0, 0.1) is 12.8 Å².